The van der Waals surface area contributed by atoms with Crippen molar-refractivity contribution in [1.29, 1.82) is 0 Å². The highest BCUT2D eigenvalue weighted by molar-refractivity contribution is 4.94. The van der Waals surface area contributed by atoms with Crippen molar-refractivity contribution in [2.24, 2.45) is 11.8 Å². The van der Waals surface area contributed by atoms with Gasteiger partial charge in [-0.05, 0) is 51.4 Å². The minimum Gasteiger partial charge on any atom is -0.100 e. The van der Waals surface area contributed by atoms with Crippen LogP contribution in [0.4, 0.5) is 0 Å². The molecule has 0 amide bonds. The lowest BCUT2D eigenvalue weighted by atomic mass is 9.88. The summed E-state index contributed by atoms with van der Waals surface area (Å²) in [7, 11) is 0. The molecule has 0 heterocycles. The molecule has 0 saturated heterocycles. The van der Waals surface area contributed by atoms with E-state index in [4.69, 9.17) is 0 Å². The normalized spacial score (nSPS) is 14.7. The summed E-state index contributed by atoms with van der Waals surface area (Å²) in [5, 5.41) is 0. The van der Waals surface area contributed by atoms with E-state index in [0.717, 1.165) is 5.92 Å². The molecule has 0 aliphatic heterocycles. The SMILES string of the molecule is C=C(C)CCC(CC)CCC(C)C(=C)C. The summed E-state index contributed by atoms with van der Waals surface area (Å²) >= 11 is 0. The molecule has 0 fully saturated rings. The Labute approximate surface area is 96.5 Å². The van der Waals surface area contributed by atoms with Gasteiger partial charge in [0.15, 0.2) is 0 Å². The Morgan fingerprint density at radius 3 is 2.07 bits per heavy atom. The highest BCUT2D eigenvalue weighted by Gasteiger charge is 2.09. The minimum absolute atomic E-state index is 0.684. The summed E-state index contributed by atoms with van der Waals surface area (Å²) in [6.07, 6.45) is 6.45. The molecule has 0 aromatic carbocycles. The summed E-state index contributed by atoms with van der Waals surface area (Å²) in [5.41, 5.74) is 2.64. The van der Waals surface area contributed by atoms with Crippen LogP contribution in [0.15, 0.2) is 24.3 Å². The zero-order chi connectivity index (χ0) is 11.8. The van der Waals surface area contributed by atoms with Gasteiger partial charge in [0.25, 0.3) is 0 Å². The van der Waals surface area contributed by atoms with E-state index in [0.29, 0.717) is 5.92 Å². The topological polar surface area (TPSA) is 0 Å². The zero-order valence-electron chi connectivity index (χ0n) is 11.1. The second kappa shape index (κ2) is 7.73. The standard InChI is InChI=1S/C15H28/c1-7-15(10-8-12(2)3)11-9-14(6)13(4)5/h14-15H,2,4,7-11H2,1,3,5-6H3. The Morgan fingerprint density at radius 1 is 1.07 bits per heavy atom. The van der Waals surface area contributed by atoms with Crippen molar-refractivity contribution in [3.8, 4) is 0 Å². The first kappa shape index (κ1) is 14.5. The fourth-order valence-electron chi connectivity index (χ4n) is 1.74. The summed E-state index contributed by atoms with van der Waals surface area (Å²) < 4.78 is 0. The molecular weight excluding hydrogens is 180 g/mol. The third-order valence-corrected chi connectivity index (χ3v) is 3.41. The van der Waals surface area contributed by atoms with Crippen molar-refractivity contribution in [2.75, 3.05) is 0 Å². The molecule has 0 nitrogen and oxygen atoms in total. The first-order valence-electron chi connectivity index (χ1n) is 6.27. The molecule has 0 aromatic heterocycles. The molecule has 88 valence electrons. The van der Waals surface area contributed by atoms with Gasteiger partial charge in [-0.25, -0.2) is 0 Å². The Morgan fingerprint density at radius 2 is 1.67 bits per heavy atom. The predicted octanol–water partition coefficient (Wildman–Crippen LogP) is 5.36. The largest absolute Gasteiger partial charge is 0.100 e. The maximum atomic E-state index is 4.02. The molecule has 0 radical (unpaired) electrons. The summed E-state index contributed by atoms with van der Waals surface area (Å²) in [5.74, 6) is 1.56. The first-order valence-corrected chi connectivity index (χ1v) is 6.27. The van der Waals surface area contributed by atoms with E-state index < -0.39 is 0 Å². The second-order valence-electron chi connectivity index (χ2n) is 5.09. The highest BCUT2D eigenvalue weighted by Crippen LogP contribution is 2.24. The van der Waals surface area contributed by atoms with Crippen molar-refractivity contribution >= 4 is 0 Å². The van der Waals surface area contributed by atoms with E-state index in [1.807, 2.05) is 0 Å². The van der Waals surface area contributed by atoms with Crippen LogP contribution in [0.2, 0.25) is 0 Å². The van der Waals surface area contributed by atoms with Gasteiger partial charge in [0.1, 0.15) is 0 Å². The van der Waals surface area contributed by atoms with E-state index >= 15 is 0 Å². The number of rotatable bonds is 8. The molecule has 2 atom stereocenters. The lowest BCUT2D eigenvalue weighted by molar-refractivity contribution is 0.397. The molecule has 15 heavy (non-hydrogen) atoms. The molecular formula is C15H28. The molecule has 0 N–H and O–H groups in total. The highest BCUT2D eigenvalue weighted by atomic mass is 14.1. The monoisotopic (exact) mass is 208 g/mol. The van der Waals surface area contributed by atoms with E-state index in [-0.39, 0.29) is 0 Å². The molecule has 0 spiro atoms. The Hall–Kier alpha value is -0.520. The Balaban J connectivity index is 3.79. The van der Waals surface area contributed by atoms with Crippen LogP contribution in [0.1, 0.15) is 59.8 Å². The van der Waals surface area contributed by atoms with Crippen LogP contribution in [0, 0.1) is 11.8 Å². The van der Waals surface area contributed by atoms with E-state index in [9.17, 15) is 0 Å². The van der Waals surface area contributed by atoms with Crippen LogP contribution >= 0.6 is 0 Å². The molecule has 2 unspecified atom stereocenters. The molecule has 0 bridgehead atoms. The fourth-order valence-corrected chi connectivity index (χ4v) is 1.74. The van der Waals surface area contributed by atoms with Crippen LogP contribution in [-0.4, -0.2) is 0 Å². The quantitative estimate of drug-likeness (QED) is 0.471. The van der Waals surface area contributed by atoms with Crippen LogP contribution < -0.4 is 0 Å². The van der Waals surface area contributed by atoms with Gasteiger partial charge < -0.3 is 0 Å². The lowest BCUT2D eigenvalue weighted by Crippen LogP contribution is -2.03. The van der Waals surface area contributed by atoms with Gasteiger partial charge in [-0.3, -0.25) is 0 Å². The lowest BCUT2D eigenvalue weighted by Gasteiger charge is -2.18. The maximum Gasteiger partial charge on any atom is -0.0237 e. The average Bonchev–Trinajstić information content (AvgIpc) is 2.17. The van der Waals surface area contributed by atoms with Crippen LogP contribution in [-0.2, 0) is 0 Å². The predicted molar refractivity (Wildman–Crippen MR) is 71.0 cm³/mol. The minimum atomic E-state index is 0.684. The van der Waals surface area contributed by atoms with Gasteiger partial charge in [-0.1, -0.05) is 38.0 Å². The van der Waals surface area contributed by atoms with E-state index in [2.05, 4.69) is 40.9 Å². The van der Waals surface area contributed by atoms with Crippen molar-refractivity contribution in [1.82, 2.24) is 0 Å². The van der Waals surface area contributed by atoms with Gasteiger partial charge in [-0.15, -0.1) is 6.58 Å². The van der Waals surface area contributed by atoms with Crippen LogP contribution in [0.3, 0.4) is 0 Å². The Kier molecular flexibility index (Phi) is 7.46. The third-order valence-electron chi connectivity index (χ3n) is 3.41. The van der Waals surface area contributed by atoms with E-state index in [1.54, 1.807) is 0 Å². The van der Waals surface area contributed by atoms with Crippen molar-refractivity contribution in [3.63, 3.8) is 0 Å². The van der Waals surface area contributed by atoms with Crippen molar-refractivity contribution < 1.29 is 0 Å². The number of hydrogen-bond acceptors (Lipinski definition) is 0. The molecule has 0 rings (SSSR count). The fraction of sp³-hybridized carbons (Fsp3) is 0.733. The summed E-state index contributed by atoms with van der Waals surface area (Å²) in [4.78, 5) is 0. The smallest absolute Gasteiger partial charge is 0.0237 e. The number of allylic oxidation sites excluding steroid dienone is 2. The average molecular weight is 208 g/mol. The molecule has 0 saturated carbocycles. The van der Waals surface area contributed by atoms with Gasteiger partial charge >= 0.3 is 0 Å². The van der Waals surface area contributed by atoms with Gasteiger partial charge in [0.05, 0.1) is 0 Å². The van der Waals surface area contributed by atoms with E-state index in [1.165, 1.54) is 43.3 Å². The summed E-state index contributed by atoms with van der Waals surface area (Å²) in [6, 6.07) is 0. The van der Waals surface area contributed by atoms with Crippen LogP contribution in [0.5, 0.6) is 0 Å². The van der Waals surface area contributed by atoms with Gasteiger partial charge in [-0.2, -0.15) is 0 Å². The molecule has 0 aromatic rings. The van der Waals surface area contributed by atoms with Gasteiger partial charge in [0.2, 0.25) is 0 Å². The molecule has 0 heteroatoms. The van der Waals surface area contributed by atoms with Crippen LogP contribution in [0.25, 0.3) is 0 Å². The Bertz CT molecular complexity index is 200. The summed E-state index contributed by atoms with van der Waals surface area (Å²) in [6.45, 7) is 16.8. The third kappa shape index (κ3) is 7.41. The first-order chi connectivity index (χ1) is 6.97. The van der Waals surface area contributed by atoms with Crippen molar-refractivity contribution in [2.45, 2.75) is 59.8 Å². The molecule has 0 aliphatic rings. The zero-order valence-corrected chi connectivity index (χ0v) is 11.1. The maximum absolute atomic E-state index is 4.02. The number of hydrogen-bond donors (Lipinski definition) is 0. The second-order valence-corrected chi connectivity index (χ2v) is 5.09. The molecule has 0 aliphatic carbocycles. The van der Waals surface area contributed by atoms with Crippen molar-refractivity contribution in [3.05, 3.63) is 24.3 Å². The van der Waals surface area contributed by atoms with Gasteiger partial charge in [0, 0.05) is 0 Å².